The maximum atomic E-state index is 13.8. The lowest BCUT2D eigenvalue weighted by atomic mass is 10.1. The molecule has 0 spiro atoms. The van der Waals surface area contributed by atoms with Crippen molar-refractivity contribution in [1.82, 2.24) is 15.3 Å². The van der Waals surface area contributed by atoms with Gasteiger partial charge in [0.15, 0.2) is 0 Å². The minimum Gasteiger partial charge on any atom is -0.384 e. The van der Waals surface area contributed by atoms with Crippen LogP contribution in [0.3, 0.4) is 0 Å². The number of aliphatic hydroxyl groups is 1. The molecule has 40 heavy (non-hydrogen) atoms. The standard InChI is InChI=1S/C28H31F3N6O3/c29-28(30,31)27-34-24(36-14-10-22(11-15-36)40-17-2-1-16-38)18-25(35-27)37-13-3-4-23(37)26(39)33-12-9-20-5-7-21(19-32)8-6-20/h5-8,18,22-23,38H,3-4,9-17H2,(H,33,39)/t23-/m0/s1. The number of nitrogens with zero attached hydrogens (tertiary/aromatic N) is 5. The lowest BCUT2D eigenvalue weighted by molar-refractivity contribution is -0.144. The summed E-state index contributed by atoms with van der Waals surface area (Å²) in [6.45, 7) is 1.62. The summed E-state index contributed by atoms with van der Waals surface area (Å²) >= 11 is 0. The van der Waals surface area contributed by atoms with Crippen molar-refractivity contribution in [2.24, 2.45) is 0 Å². The van der Waals surface area contributed by atoms with Crippen LogP contribution in [0.4, 0.5) is 24.8 Å². The summed E-state index contributed by atoms with van der Waals surface area (Å²) in [4.78, 5) is 24.1. The van der Waals surface area contributed by atoms with Crippen LogP contribution in [-0.2, 0) is 22.1 Å². The molecule has 9 nitrogen and oxygen atoms in total. The Bertz CT molecular complexity index is 1260. The topological polar surface area (TPSA) is 115 Å². The highest BCUT2D eigenvalue weighted by molar-refractivity contribution is 5.85. The van der Waals surface area contributed by atoms with Gasteiger partial charge in [0.1, 0.15) is 30.9 Å². The summed E-state index contributed by atoms with van der Waals surface area (Å²) in [6.07, 6.45) is -1.92. The quantitative estimate of drug-likeness (QED) is 0.477. The molecule has 0 saturated carbocycles. The molecule has 12 heteroatoms. The molecule has 1 atom stereocenters. The van der Waals surface area contributed by atoms with Gasteiger partial charge in [-0.3, -0.25) is 4.79 Å². The van der Waals surface area contributed by atoms with E-state index in [0.29, 0.717) is 63.8 Å². The molecule has 2 aliphatic rings. The highest BCUT2D eigenvalue weighted by atomic mass is 19.4. The summed E-state index contributed by atoms with van der Waals surface area (Å²) in [5, 5.41) is 20.5. The molecule has 212 valence electrons. The van der Waals surface area contributed by atoms with E-state index in [1.807, 2.05) is 12.1 Å². The second-order valence-electron chi connectivity index (χ2n) is 9.62. The van der Waals surface area contributed by atoms with Gasteiger partial charge in [-0.2, -0.15) is 18.4 Å². The minimum atomic E-state index is -4.74. The highest BCUT2D eigenvalue weighted by Gasteiger charge is 2.38. The third kappa shape index (κ3) is 7.62. The molecule has 2 aromatic rings. The summed E-state index contributed by atoms with van der Waals surface area (Å²) < 4.78 is 47.0. The molecule has 0 unspecified atom stereocenters. The predicted molar refractivity (Wildman–Crippen MR) is 141 cm³/mol. The molecule has 0 aliphatic carbocycles. The van der Waals surface area contributed by atoms with Crippen molar-refractivity contribution in [3.8, 4) is 17.9 Å². The molecule has 1 aromatic carbocycles. The number of anilines is 2. The number of rotatable bonds is 8. The zero-order valence-corrected chi connectivity index (χ0v) is 22.0. The van der Waals surface area contributed by atoms with E-state index in [-0.39, 0.29) is 36.9 Å². The monoisotopic (exact) mass is 556 g/mol. The molecule has 0 radical (unpaired) electrons. The van der Waals surface area contributed by atoms with Gasteiger partial charge in [-0.1, -0.05) is 24.0 Å². The smallest absolute Gasteiger partial charge is 0.384 e. The lowest BCUT2D eigenvalue weighted by Gasteiger charge is -2.33. The summed E-state index contributed by atoms with van der Waals surface area (Å²) in [7, 11) is 0. The number of hydrogen-bond acceptors (Lipinski definition) is 8. The van der Waals surface area contributed by atoms with Crippen molar-refractivity contribution in [2.45, 2.75) is 50.4 Å². The first-order chi connectivity index (χ1) is 19.3. The minimum absolute atomic E-state index is 0.0800. The first-order valence-electron chi connectivity index (χ1n) is 13.2. The van der Waals surface area contributed by atoms with Crippen LogP contribution in [-0.4, -0.2) is 72.5 Å². The van der Waals surface area contributed by atoms with Gasteiger partial charge >= 0.3 is 6.18 Å². The largest absolute Gasteiger partial charge is 0.451 e. The predicted octanol–water partition coefficient (Wildman–Crippen LogP) is 2.68. The maximum absolute atomic E-state index is 13.8. The molecule has 2 N–H and O–H groups in total. The molecule has 0 bridgehead atoms. The maximum Gasteiger partial charge on any atom is 0.451 e. The van der Waals surface area contributed by atoms with Crippen LogP contribution < -0.4 is 15.1 Å². The molecule has 1 aromatic heterocycles. The number of ether oxygens (including phenoxy) is 1. The Morgan fingerprint density at radius 3 is 2.50 bits per heavy atom. The number of hydrogen-bond donors (Lipinski definition) is 2. The summed E-state index contributed by atoms with van der Waals surface area (Å²) in [5.41, 5.74) is 1.52. The number of carbonyl (C=O) groups is 1. The molecule has 3 heterocycles. The average molecular weight is 557 g/mol. The van der Waals surface area contributed by atoms with Crippen LogP contribution >= 0.6 is 0 Å². The summed E-state index contributed by atoms with van der Waals surface area (Å²) in [5.74, 6) is 3.97. The number of nitriles is 1. The fourth-order valence-corrected chi connectivity index (χ4v) is 4.88. The fourth-order valence-electron chi connectivity index (χ4n) is 4.88. The molecule has 4 rings (SSSR count). The van der Waals surface area contributed by atoms with Crippen LogP contribution in [0, 0.1) is 23.2 Å². The number of piperidine rings is 1. The molecule has 1 amide bonds. The number of amides is 1. The Labute approximate surface area is 231 Å². The van der Waals surface area contributed by atoms with Gasteiger partial charge < -0.3 is 25.0 Å². The van der Waals surface area contributed by atoms with E-state index in [0.717, 1.165) is 5.56 Å². The van der Waals surface area contributed by atoms with Crippen molar-refractivity contribution in [2.75, 3.05) is 49.2 Å². The van der Waals surface area contributed by atoms with Crippen LogP contribution in [0.25, 0.3) is 0 Å². The molecule has 2 fully saturated rings. The SMILES string of the molecule is N#Cc1ccc(CCNC(=O)[C@@H]2CCCN2c2cc(N3CCC(OCC#CCO)CC3)nc(C(F)(F)F)n2)cc1. The van der Waals surface area contributed by atoms with Gasteiger partial charge in [-0.15, -0.1) is 0 Å². The zero-order valence-electron chi connectivity index (χ0n) is 22.0. The Hall–Kier alpha value is -3.87. The van der Waals surface area contributed by atoms with Crippen molar-refractivity contribution in [3.63, 3.8) is 0 Å². The lowest BCUT2D eigenvalue weighted by Crippen LogP contribution is -2.44. The number of carbonyl (C=O) groups excluding carboxylic acids is 1. The number of benzene rings is 1. The second-order valence-corrected chi connectivity index (χ2v) is 9.62. The van der Waals surface area contributed by atoms with E-state index in [1.54, 1.807) is 21.9 Å². The highest BCUT2D eigenvalue weighted by Crippen LogP contribution is 2.33. The number of aliphatic hydroxyl groups excluding tert-OH is 1. The first-order valence-corrected chi connectivity index (χ1v) is 13.2. The first kappa shape index (κ1) is 29.1. The fraction of sp³-hybridized carbons (Fsp3) is 0.500. The van der Waals surface area contributed by atoms with Gasteiger partial charge in [-0.25, -0.2) is 9.97 Å². The van der Waals surface area contributed by atoms with Crippen LogP contribution in [0.1, 0.15) is 42.6 Å². The Morgan fingerprint density at radius 2 is 1.82 bits per heavy atom. The Kier molecular flexibility index (Phi) is 9.80. The van der Waals surface area contributed by atoms with Crippen molar-refractivity contribution in [1.29, 1.82) is 5.26 Å². The number of nitrogens with one attached hydrogen (secondary N) is 1. The third-order valence-corrected chi connectivity index (χ3v) is 6.96. The Balaban J connectivity index is 1.42. The third-order valence-electron chi connectivity index (χ3n) is 6.96. The molecular weight excluding hydrogens is 525 g/mol. The van der Waals surface area contributed by atoms with E-state index in [9.17, 15) is 18.0 Å². The van der Waals surface area contributed by atoms with Gasteiger partial charge in [0.25, 0.3) is 0 Å². The average Bonchev–Trinajstić information content (AvgIpc) is 3.46. The van der Waals surface area contributed by atoms with Gasteiger partial charge in [0.2, 0.25) is 11.7 Å². The summed E-state index contributed by atoms with van der Waals surface area (Å²) in [6, 6.07) is 10.0. The Morgan fingerprint density at radius 1 is 1.10 bits per heavy atom. The number of halogens is 3. The van der Waals surface area contributed by atoms with E-state index < -0.39 is 18.0 Å². The van der Waals surface area contributed by atoms with Crippen LogP contribution in [0.2, 0.25) is 0 Å². The zero-order chi connectivity index (χ0) is 28.5. The van der Waals surface area contributed by atoms with E-state index >= 15 is 0 Å². The van der Waals surface area contributed by atoms with Crippen molar-refractivity contribution >= 4 is 17.5 Å². The number of aromatic nitrogens is 2. The molecule has 2 aliphatic heterocycles. The van der Waals surface area contributed by atoms with Crippen molar-refractivity contribution in [3.05, 3.63) is 47.3 Å². The van der Waals surface area contributed by atoms with Gasteiger partial charge in [0.05, 0.1) is 17.7 Å². The second kappa shape index (κ2) is 13.5. The van der Waals surface area contributed by atoms with Crippen molar-refractivity contribution < 1.29 is 27.8 Å². The molecular formula is C28H31F3N6O3. The van der Waals surface area contributed by atoms with E-state index in [2.05, 4.69) is 33.2 Å². The van der Waals surface area contributed by atoms with Crippen LogP contribution in [0.15, 0.2) is 30.3 Å². The van der Waals surface area contributed by atoms with E-state index in [4.69, 9.17) is 15.1 Å². The van der Waals surface area contributed by atoms with Gasteiger partial charge in [0, 0.05) is 32.2 Å². The van der Waals surface area contributed by atoms with Gasteiger partial charge in [-0.05, 0) is 49.8 Å². The van der Waals surface area contributed by atoms with Crippen LogP contribution in [0.5, 0.6) is 0 Å². The number of alkyl halides is 3. The van der Waals surface area contributed by atoms with E-state index in [1.165, 1.54) is 6.07 Å². The normalized spacial score (nSPS) is 17.7. The molecule has 2 saturated heterocycles.